The van der Waals surface area contributed by atoms with Gasteiger partial charge in [-0.25, -0.2) is 4.98 Å². The lowest BCUT2D eigenvalue weighted by Crippen LogP contribution is -2.33. The Morgan fingerprint density at radius 3 is 2.94 bits per heavy atom. The van der Waals surface area contributed by atoms with Gasteiger partial charge in [0.1, 0.15) is 5.82 Å². The van der Waals surface area contributed by atoms with Crippen LogP contribution in [0, 0.1) is 0 Å². The van der Waals surface area contributed by atoms with Gasteiger partial charge in [0, 0.05) is 42.1 Å². The molecule has 0 spiro atoms. The molecule has 0 unspecified atom stereocenters. The van der Waals surface area contributed by atoms with Gasteiger partial charge in [0.25, 0.3) is 0 Å². The van der Waals surface area contributed by atoms with Gasteiger partial charge in [0.05, 0.1) is 6.54 Å². The lowest BCUT2D eigenvalue weighted by molar-refractivity contribution is 0.560. The Balaban J connectivity index is 1.86. The number of benzene rings is 1. The summed E-state index contributed by atoms with van der Waals surface area (Å²) in [5.41, 5.74) is 2.10. The average molecular weight is 282 g/mol. The molecule has 1 aliphatic rings. The zero-order chi connectivity index (χ0) is 12.5. The van der Waals surface area contributed by atoms with Crippen molar-refractivity contribution >= 4 is 28.9 Å². The Morgan fingerprint density at radius 1 is 1.28 bits per heavy atom. The van der Waals surface area contributed by atoms with Crippen molar-refractivity contribution in [3.63, 3.8) is 0 Å². The number of hydrogen-bond acceptors (Lipinski definition) is 2. The first kappa shape index (κ1) is 11.9. The van der Waals surface area contributed by atoms with Gasteiger partial charge >= 0.3 is 0 Å². The fourth-order valence-electron chi connectivity index (χ4n) is 2.24. The third kappa shape index (κ3) is 2.08. The van der Waals surface area contributed by atoms with Crippen LogP contribution in [-0.4, -0.2) is 16.1 Å². The highest BCUT2D eigenvalue weighted by atomic mass is 35.5. The first-order valence-electron chi connectivity index (χ1n) is 5.87. The van der Waals surface area contributed by atoms with Gasteiger partial charge in [-0.1, -0.05) is 17.7 Å². The van der Waals surface area contributed by atoms with E-state index >= 15 is 0 Å². The Hall–Kier alpha value is -1.19. The van der Waals surface area contributed by atoms with E-state index in [0.717, 1.165) is 41.7 Å². The van der Waals surface area contributed by atoms with Crippen LogP contribution in [-0.2, 0) is 19.0 Å². The van der Waals surface area contributed by atoms with Crippen LogP contribution >= 0.6 is 23.2 Å². The molecular weight excluding hydrogens is 269 g/mol. The predicted molar refractivity (Wildman–Crippen MR) is 74.3 cm³/mol. The summed E-state index contributed by atoms with van der Waals surface area (Å²) >= 11 is 12.0. The Labute approximate surface area is 116 Å². The minimum atomic E-state index is 0.448. The minimum Gasteiger partial charge on any atom is -0.362 e. The van der Waals surface area contributed by atoms with Crippen molar-refractivity contribution in [2.24, 2.45) is 0 Å². The molecule has 18 heavy (non-hydrogen) atoms. The molecule has 3 rings (SSSR count). The van der Waals surface area contributed by atoms with E-state index in [2.05, 4.69) is 20.5 Å². The van der Waals surface area contributed by atoms with Crippen LogP contribution in [0.3, 0.4) is 0 Å². The van der Waals surface area contributed by atoms with E-state index in [4.69, 9.17) is 23.2 Å². The van der Waals surface area contributed by atoms with Gasteiger partial charge in [-0.2, -0.15) is 0 Å². The number of rotatable bonds is 2. The molecule has 0 aliphatic carbocycles. The van der Waals surface area contributed by atoms with E-state index in [-0.39, 0.29) is 0 Å². The van der Waals surface area contributed by atoms with Crippen molar-refractivity contribution in [1.29, 1.82) is 0 Å². The number of hydrogen-bond donors (Lipinski definition) is 0. The van der Waals surface area contributed by atoms with Gasteiger partial charge in [0.15, 0.2) is 0 Å². The zero-order valence-corrected chi connectivity index (χ0v) is 11.3. The van der Waals surface area contributed by atoms with Gasteiger partial charge < -0.3 is 9.47 Å². The number of halogens is 2. The van der Waals surface area contributed by atoms with Crippen LogP contribution in [0.15, 0.2) is 30.6 Å². The Bertz CT molecular complexity index is 565. The fourth-order valence-corrected chi connectivity index (χ4v) is 2.78. The molecule has 0 bridgehead atoms. The third-order valence-electron chi connectivity index (χ3n) is 3.29. The van der Waals surface area contributed by atoms with Crippen LogP contribution in [0.25, 0.3) is 0 Å². The summed E-state index contributed by atoms with van der Waals surface area (Å²) in [6.07, 6.45) is 3.87. The topological polar surface area (TPSA) is 21.1 Å². The van der Waals surface area contributed by atoms with Crippen LogP contribution in [0.1, 0.15) is 11.4 Å². The summed E-state index contributed by atoms with van der Waals surface area (Å²) in [6, 6.07) is 6.05. The van der Waals surface area contributed by atoms with Crippen LogP contribution in [0.2, 0.25) is 5.02 Å². The maximum Gasteiger partial charge on any atom is 0.128 e. The van der Waals surface area contributed by atoms with E-state index in [0.29, 0.717) is 5.88 Å². The molecule has 2 aromatic rings. The summed E-state index contributed by atoms with van der Waals surface area (Å²) in [5, 5.41) is 0.733. The van der Waals surface area contributed by atoms with Crippen molar-refractivity contribution in [2.75, 3.05) is 11.4 Å². The molecule has 0 saturated carbocycles. The highest BCUT2D eigenvalue weighted by molar-refractivity contribution is 6.32. The van der Waals surface area contributed by atoms with Crippen molar-refractivity contribution in [1.82, 2.24) is 9.55 Å². The zero-order valence-electron chi connectivity index (χ0n) is 9.81. The molecule has 1 aromatic heterocycles. The lowest BCUT2D eigenvalue weighted by Gasteiger charge is -2.29. The van der Waals surface area contributed by atoms with E-state index in [1.807, 2.05) is 24.5 Å². The molecule has 94 valence electrons. The minimum absolute atomic E-state index is 0.448. The number of imidazole rings is 1. The summed E-state index contributed by atoms with van der Waals surface area (Å²) < 4.78 is 2.19. The maximum absolute atomic E-state index is 6.20. The van der Waals surface area contributed by atoms with Crippen LogP contribution in [0.4, 0.5) is 5.69 Å². The molecular formula is C13H13Cl2N3. The second-order valence-corrected chi connectivity index (χ2v) is 5.04. The predicted octanol–water partition coefficient (Wildman–Crippen LogP) is 3.30. The van der Waals surface area contributed by atoms with E-state index < -0.39 is 0 Å². The van der Waals surface area contributed by atoms with E-state index in [1.54, 1.807) is 0 Å². The van der Waals surface area contributed by atoms with Crippen molar-refractivity contribution in [3.05, 3.63) is 47.0 Å². The molecule has 1 aromatic carbocycles. The summed E-state index contributed by atoms with van der Waals surface area (Å²) in [7, 11) is 0. The SMILES string of the molecule is ClCc1ccc(N2CCn3ccnc3C2)cc1Cl. The number of aromatic nitrogens is 2. The number of alkyl halides is 1. The molecule has 0 saturated heterocycles. The average Bonchev–Trinajstić information content (AvgIpc) is 2.85. The van der Waals surface area contributed by atoms with E-state index in [9.17, 15) is 0 Å². The molecule has 0 radical (unpaired) electrons. The number of nitrogens with zero attached hydrogens (tertiary/aromatic N) is 3. The number of fused-ring (bicyclic) bond motifs is 1. The summed E-state index contributed by atoms with van der Waals surface area (Å²) in [6.45, 7) is 2.76. The van der Waals surface area contributed by atoms with Crippen LogP contribution < -0.4 is 4.90 Å². The third-order valence-corrected chi connectivity index (χ3v) is 3.93. The molecule has 3 nitrogen and oxygen atoms in total. The molecule has 0 fully saturated rings. The molecule has 0 amide bonds. The normalized spacial score (nSPS) is 14.7. The van der Waals surface area contributed by atoms with Gasteiger partial charge in [-0.05, 0) is 17.7 Å². The van der Waals surface area contributed by atoms with Crippen molar-refractivity contribution in [2.45, 2.75) is 19.0 Å². The van der Waals surface area contributed by atoms with Gasteiger partial charge in [-0.15, -0.1) is 11.6 Å². The summed E-state index contributed by atoms with van der Waals surface area (Å²) in [5.74, 6) is 1.54. The highest BCUT2D eigenvalue weighted by Gasteiger charge is 2.17. The molecule has 0 atom stereocenters. The largest absolute Gasteiger partial charge is 0.362 e. The Kier molecular flexibility index (Phi) is 3.18. The van der Waals surface area contributed by atoms with Gasteiger partial charge in [-0.3, -0.25) is 0 Å². The first-order valence-corrected chi connectivity index (χ1v) is 6.78. The molecule has 2 heterocycles. The monoisotopic (exact) mass is 281 g/mol. The highest BCUT2D eigenvalue weighted by Crippen LogP contribution is 2.27. The maximum atomic E-state index is 6.20. The lowest BCUT2D eigenvalue weighted by atomic mass is 10.2. The van der Waals surface area contributed by atoms with Crippen molar-refractivity contribution in [3.8, 4) is 0 Å². The molecule has 1 aliphatic heterocycles. The second-order valence-electron chi connectivity index (χ2n) is 4.37. The number of anilines is 1. The Morgan fingerprint density at radius 2 is 2.17 bits per heavy atom. The van der Waals surface area contributed by atoms with Crippen LogP contribution in [0.5, 0.6) is 0 Å². The fraction of sp³-hybridized carbons (Fsp3) is 0.308. The van der Waals surface area contributed by atoms with Crippen molar-refractivity contribution < 1.29 is 0 Å². The van der Waals surface area contributed by atoms with Gasteiger partial charge in [0.2, 0.25) is 0 Å². The molecule has 0 N–H and O–H groups in total. The summed E-state index contributed by atoms with van der Waals surface area (Å²) in [4.78, 5) is 6.64. The smallest absolute Gasteiger partial charge is 0.128 e. The first-order chi connectivity index (χ1) is 8.78. The quantitative estimate of drug-likeness (QED) is 0.788. The second kappa shape index (κ2) is 4.82. The van der Waals surface area contributed by atoms with E-state index in [1.165, 1.54) is 0 Å². The standard InChI is InChI=1S/C13H13Cl2N3/c14-8-10-1-2-11(7-12(10)15)18-6-5-17-4-3-16-13(17)9-18/h1-4,7H,5-6,8-9H2. The molecule has 5 heteroatoms.